The predicted octanol–water partition coefficient (Wildman–Crippen LogP) is 2.12. The van der Waals surface area contributed by atoms with Crippen molar-refractivity contribution in [2.45, 2.75) is 77.7 Å². The van der Waals surface area contributed by atoms with Crippen LogP contribution in [0.15, 0.2) is 24.3 Å². The summed E-state index contributed by atoms with van der Waals surface area (Å²) in [6, 6.07) is 7.71. The van der Waals surface area contributed by atoms with E-state index in [4.69, 9.17) is 33.2 Å². The number of rotatable bonds is 12. The summed E-state index contributed by atoms with van der Waals surface area (Å²) in [5, 5.41) is 0. The van der Waals surface area contributed by atoms with Gasteiger partial charge in [-0.3, -0.25) is 19.2 Å². The first-order valence-corrected chi connectivity index (χ1v) is 11.7. The van der Waals surface area contributed by atoms with Gasteiger partial charge in [0.1, 0.15) is 18.5 Å². The monoisotopic (exact) mass is 510 g/mol. The first kappa shape index (κ1) is 29.1. The van der Waals surface area contributed by atoms with Gasteiger partial charge in [0.15, 0.2) is 24.6 Å². The highest BCUT2D eigenvalue weighted by atomic mass is 16.7. The maximum atomic E-state index is 11.9. The second kappa shape index (κ2) is 14.4. The molecule has 0 saturated carbocycles. The normalized spacial score (nSPS) is 23.3. The van der Waals surface area contributed by atoms with Crippen molar-refractivity contribution in [2.24, 2.45) is 0 Å². The lowest BCUT2D eigenvalue weighted by atomic mass is 9.98. The first-order valence-electron chi connectivity index (χ1n) is 11.7. The van der Waals surface area contributed by atoms with Gasteiger partial charge in [0.2, 0.25) is 0 Å². The van der Waals surface area contributed by atoms with E-state index in [0.717, 1.165) is 24.2 Å². The molecule has 0 N–H and O–H groups in total. The van der Waals surface area contributed by atoms with Crippen LogP contribution >= 0.6 is 0 Å². The summed E-state index contributed by atoms with van der Waals surface area (Å²) < 4.78 is 38.3. The largest absolute Gasteiger partial charge is 0.496 e. The number of carbonyl (C=O) groups is 4. The molecule has 0 spiro atoms. The van der Waals surface area contributed by atoms with E-state index in [1.807, 2.05) is 24.3 Å². The molecule has 0 bridgehead atoms. The van der Waals surface area contributed by atoms with Gasteiger partial charge in [-0.25, -0.2) is 0 Å². The van der Waals surface area contributed by atoms with E-state index in [2.05, 4.69) is 0 Å². The van der Waals surface area contributed by atoms with Crippen LogP contribution in [0.3, 0.4) is 0 Å². The van der Waals surface area contributed by atoms with Crippen LogP contribution in [0.4, 0.5) is 0 Å². The molecule has 1 heterocycles. The number of esters is 4. The fraction of sp³-hybridized carbons (Fsp3) is 0.600. The average Bonchev–Trinajstić information content (AvgIpc) is 2.80. The lowest BCUT2D eigenvalue weighted by Gasteiger charge is -2.44. The van der Waals surface area contributed by atoms with Crippen LogP contribution in [-0.2, 0) is 54.0 Å². The molecule has 0 radical (unpaired) electrons. The third-order valence-electron chi connectivity index (χ3n) is 5.26. The van der Waals surface area contributed by atoms with E-state index < -0.39 is 54.6 Å². The number of carbonyl (C=O) groups excluding carboxylic acids is 4. The molecule has 11 heteroatoms. The first-order chi connectivity index (χ1) is 17.1. The van der Waals surface area contributed by atoms with Crippen LogP contribution in [-0.4, -0.2) is 74.9 Å². The fourth-order valence-corrected chi connectivity index (χ4v) is 3.85. The van der Waals surface area contributed by atoms with E-state index in [1.54, 1.807) is 7.11 Å². The van der Waals surface area contributed by atoms with Gasteiger partial charge in [0.25, 0.3) is 0 Å². The smallest absolute Gasteiger partial charge is 0.303 e. The minimum atomic E-state index is -1.25. The molecule has 5 atom stereocenters. The number of hydrogen-bond donors (Lipinski definition) is 0. The molecule has 5 unspecified atom stereocenters. The van der Waals surface area contributed by atoms with Crippen LogP contribution in [0, 0.1) is 0 Å². The van der Waals surface area contributed by atoms with Crippen molar-refractivity contribution in [3.63, 3.8) is 0 Å². The highest BCUT2D eigenvalue weighted by Crippen LogP contribution is 2.30. The fourth-order valence-electron chi connectivity index (χ4n) is 3.85. The number of ether oxygens (including phenoxy) is 7. The van der Waals surface area contributed by atoms with Gasteiger partial charge in [-0.1, -0.05) is 18.2 Å². The predicted molar refractivity (Wildman–Crippen MR) is 124 cm³/mol. The lowest BCUT2D eigenvalue weighted by molar-refractivity contribution is -0.308. The average molecular weight is 511 g/mol. The van der Waals surface area contributed by atoms with Crippen molar-refractivity contribution >= 4 is 23.9 Å². The molecule has 2 rings (SSSR count). The molecular weight excluding hydrogens is 476 g/mol. The number of unbranched alkanes of at least 4 members (excludes halogenated alkanes) is 1. The van der Waals surface area contributed by atoms with Crippen molar-refractivity contribution in [3.05, 3.63) is 29.8 Å². The SMILES string of the molecule is COc1ccccc1CCCCOC1OC(COC(C)=O)C(OC(C)=O)C(OC(C)=O)C1OC(C)=O. The Morgan fingerprint density at radius 2 is 1.42 bits per heavy atom. The van der Waals surface area contributed by atoms with Crippen molar-refractivity contribution < 1.29 is 52.3 Å². The molecule has 1 aliphatic rings. The summed E-state index contributed by atoms with van der Waals surface area (Å²) in [5.41, 5.74) is 1.06. The maximum absolute atomic E-state index is 11.9. The standard InChI is InChI=1S/C25H34O11/c1-15(26)32-14-21-22(33-16(2)27)23(34-17(3)28)24(35-18(4)29)25(36-21)31-13-9-8-11-19-10-6-7-12-20(19)30-5/h6-7,10,12,21-25H,8-9,11,13-14H2,1-5H3. The zero-order chi connectivity index (χ0) is 26.7. The molecule has 1 aliphatic heterocycles. The van der Waals surface area contributed by atoms with Crippen molar-refractivity contribution in [1.82, 2.24) is 0 Å². The van der Waals surface area contributed by atoms with Gasteiger partial charge in [0.05, 0.1) is 7.11 Å². The third-order valence-corrected chi connectivity index (χ3v) is 5.26. The summed E-state index contributed by atoms with van der Waals surface area (Å²) in [6.45, 7) is 4.65. The Morgan fingerprint density at radius 3 is 2.03 bits per heavy atom. The maximum Gasteiger partial charge on any atom is 0.303 e. The molecule has 1 saturated heterocycles. The van der Waals surface area contributed by atoms with Crippen LogP contribution < -0.4 is 4.74 Å². The zero-order valence-electron chi connectivity index (χ0n) is 21.2. The van der Waals surface area contributed by atoms with Gasteiger partial charge in [-0.15, -0.1) is 0 Å². The Labute approximate surface area is 210 Å². The summed E-state index contributed by atoms with van der Waals surface area (Å²) in [5.74, 6) is -1.84. The minimum absolute atomic E-state index is 0.225. The topological polar surface area (TPSA) is 133 Å². The van der Waals surface area contributed by atoms with Crippen LogP contribution in [0.2, 0.25) is 0 Å². The summed E-state index contributed by atoms with van der Waals surface area (Å²) in [4.78, 5) is 46.9. The van der Waals surface area contributed by atoms with Gasteiger partial charge in [-0.2, -0.15) is 0 Å². The second-order valence-corrected chi connectivity index (χ2v) is 8.21. The zero-order valence-corrected chi connectivity index (χ0v) is 21.2. The highest BCUT2D eigenvalue weighted by Gasteiger charge is 2.52. The van der Waals surface area contributed by atoms with E-state index in [0.29, 0.717) is 6.42 Å². The lowest BCUT2D eigenvalue weighted by Crippen LogP contribution is -2.63. The number of aryl methyl sites for hydroxylation is 1. The molecule has 1 aromatic rings. The van der Waals surface area contributed by atoms with Crippen LogP contribution in [0.5, 0.6) is 5.75 Å². The van der Waals surface area contributed by atoms with Gasteiger partial charge in [0, 0.05) is 34.3 Å². The molecule has 1 fully saturated rings. The van der Waals surface area contributed by atoms with E-state index in [1.165, 1.54) is 27.7 Å². The molecule has 36 heavy (non-hydrogen) atoms. The Kier molecular flexibility index (Phi) is 11.6. The molecule has 0 aliphatic carbocycles. The van der Waals surface area contributed by atoms with E-state index in [-0.39, 0.29) is 13.2 Å². The van der Waals surface area contributed by atoms with Crippen molar-refractivity contribution in [1.29, 1.82) is 0 Å². The highest BCUT2D eigenvalue weighted by molar-refractivity contribution is 5.68. The molecular formula is C25H34O11. The molecule has 11 nitrogen and oxygen atoms in total. The number of para-hydroxylation sites is 1. The Morgan fingerprint density at radius 1 is 0.806 bits per heavy atom. The number of methoxy groups -OCH3 is 1. The minimum Gasteiger partial charge on any atom is -0.496 e. The third kappa shape index (κ3) is 9.12. The van der Waals surface area contributed by atoms with Gasteiger partial charge in [-0.05, 0) is 30.9 Å². The van der Waals surface area contributed by atoms with Crippen molar-refractivity contribution in [2.75, 3.05) is 20.3 Å². The molecule has 1 aromatic carbocycles. The summed E-state index contributed by atoms with van der Waals surface area (Å²) in [7, 11) is 1.62. The molecule has 0 amide bonds. The Balaban J connectivity index is 2.15. The van der Waals surface area contributed by atoms with Gasteiger partial charge >= 0.3 is 23.9 Å². The summed E-state index contributed by atoms with van der Waals surface area (Å²) >= 11 is 0. The Hall–Kier alpha value is -3.18. The van der Waals surface area contributed by atoms with Crippen LogP contribution in [0.25, 0.3) is 0 Å². The van der Waals surface area contributed by atoms with Crippen molar-refractivity contribution in [3.8, 4) is 5.75 Å². The van der Waals surface area contributed by atoms with Gasteiger partial charge < -0.3 is 33.2 Å². The van der Waals surface area contributed by atoms with E-state index in [9.17, 15) is 19.2 Å². The van der Waals surface area contributed by atoms with Crippen LogP contribution in [0.1, 0.15) is 46.1 Å². The second-order valence-electron chi connectivity index (χ2n) is 8.21. The quantitative estimate of drug-likeness (QED) is 0.233. The van der Waals surface area contributed by atoms with E-state index >= 15 is 0 Å². The Bertz CT molecular complexity index is 900. The summed E-state index contributed by atoms with van der Waals surface area (Å²) in [6.07, 6.45) is -3.73. The molecule has 200 valence electrons. The molecule has 0 aromatic heterocycles. The number of hydrogen-bond acceptors (Lipinski definition) is 11. The number of benzene rings is 1.